The lowest BCUT2D eigenvalue weighted by molar-refractivity contribution is 0.0980. The summed E-state index contributed by atoms with van der Waals surface area (Å²) in [7, 11) is 0. The number of anilines is 3. The molecule has 0 heterocycles. The topological polar surface area (TPSA) is 72.2 Å². The van der Waals surface area contributed by atoms with E-state index in [9.17, 15) is 14.0 Å². The number of halogens is 1. The Morgan fingerprint density at radius 1 is 0.760 bits per heavy atom. The van der Waals surface area contributed by atoms with E-state index in [1.165, 1.54) is 12.1 Å². The first kappa shape index (κ1) is 15.1. The van der Waals surface area contributed by atoms with Crippen LogP contribution in [0.4, 0.5) is 21.5 Å². The van der Waals surface area contributed by atoms with Crippen molar-refractivity contribution in [2.75, 3.05) is 11.1 Å². The number of rotatable bonds is 2. The Labute approximate surface area is 143 Å². The van der Waals surface area contributed by atoms with Crippen molar-refractivity contribution in [2.24, 2.45) is 0 Å². The predicted octanol–water partition coefficient (Wildman–Crippen LogP) is 3.93. The number of hydrogen-bond donors (Lipinski definition) is 2. The van der Waals surface area contributed by atoms with Gasteiger partial charge in [-0.1, -0.05) is 24.3 Å². The summed E-state index contributed by atoms with van der Waals surface area (Å²) in [6.07, 6.45) is 0. The average molecular weight is 332 g/mol. The fourth-order valence-electron chi connectivity index (χ4n) is 3.04. The molecule has 3 N–H and O–H groups in total. The summed E-state index contributed by atoms with van der Waals surface area (Å²) in [4.78, 5) is 25.8. The number of carbonyl (C=O) groups excluding carboxylic acids is 2. The molecule has 3 aromatic rings. The molecule has 0 aliphatic heterocycles. The van der Waals surface area contributed by atoms with Gasteiger partial charge in [-0.25, -0.2) is 4.39 Å². The van der Waals surface area contributed by atoms with E-state index in [0.717, 1.165) is 0 Å². The SMILES string of the molecule is Nc1ccc(Nc2ccc(F)cc2)c2c1C(=O)c1ccccc1C2=O. The van der Waals surface area contributed by atoms with Gasteiger partial charge in [0.2, 0.25) is 0 Å². The fourth-order valence-corrected chi connectivity index (χ4v) is 3.04. The Hall–Kier alpha value is -3.47. The maximum atomic E-state index is 13.1. The number of fused-ring (bicyclic) bond motifs is 2. The van der Waals surface area contributed by atoms with Gasteiger partial charge in [0.15, 0.2) is 11.6 Å². The molecule has 4 rings (SSSR count). The van der Waals surface area contributed by atoms with Gasteiger partial charge in [-0.3, -0.25) is 9.59 Å². The molecule has 0 aromatic heterocycles. The molecule has 5 heteroatoms. The van der Waals surface area contributed by atoms with E-state index >= 15 is 0 Å². The van der Waals surface area contributed by atoms with Crippen LogP contribution in [0.25, 0.3) is 0 Å². The number of carbonyl (C=O) groups is 2. The Kier molecular flexibility index (Phi) is 3.35. The number of ketones is 2. The Morgan fingerprint density at radius 2 is 1.36 bits per heavy atom. The molecule has 122 valence electrons. The highest BCUT2D eigenvalue weighted by molar-refractivity contribution is 6.31. The summed E-state index contributed by atoms with van der Waals surface area (Å²) in [5.41, 5.74) is 8.46. The van der Waals surface area contributed by atoms with Gasteiger partial charge in [-0.05, 0) is 36.4 Å². The van der Waals surface area contributed by atoms with Crippen molar-refractivity contribution in [3.05, 3.63) is 88.7 Å². The van der Waals surface area contributed by atoms with E-state index in [1.807, 2.05) is 0 Å². The maximum absolute atomic E-state index is 13.1. The monoisotopic (exact) mass is 332 g/mol. The zero-order valence-electron chi connectivity index (χ0n) is 13.0. The molecule has 0 atom stereocenters. The normalized spacial score (nSPS) is 12.5. The van der Waals surface area contributed by atoms with E-state index in [0.29, 0.717) is 22.5 Å². The standard InChI is InChI=1S/C20H13FN2O2/c21-11-5-7-12(8-6-11)23-16-10-9-15(22)17-18(16)20(25)14-4-2-1-3-13(14)19(17)24/h1-10,23H,22H2. The molecular formula is C20H13FN2O2. The Morgan fingerprint density at radius 3 is 2.00 bits per heavy atom. The highest BCUT2D eigenvalue weighted by Crippen LogP contribution is 2.36. The van der Waals surface area contributed by atoms with Crippen LogP contribution in [0.1, 0.15) is 31.8 Å². The van der Waals surface area contributed by atoms with Crippen molar-refractivity contribution in [2.45, 2.75) is 0 Å². The van der Waals surface area contributed by atoms with Crippen LogP contribution < -0.4 is 11.1 Å². The molecule has 1 aliphatic rings. The number of benzene rings is 3. The van der Waals surface area contributed by atoms with Gasteiger partial charge in [0.25, 0.3) is 0 Å². The number of nitrogens with two attached hydrogens (primary N) is 1. The summed E-state index contributed by atoms with van der Waals surface area (Å²) >= 11 is 0. The molecule has 3 aromatic carbocycles. The van der Waals surface area contributed by atoms with Crippen LogP contribution in [0.15, 0.2) is 60.7 Å². The van der Waals surface area contributed by atoms with Crippen LogP contribution in [0.3, 0.4) is 0 Å². The Bertz CT molecular complexity index is 1030. The summed E-state index contributed by atoms with van der Waals surface area (Å²) in [5.74, 6) is -0.891. The second-order valence-corrected chi connectivity index (χ2v) is 5.79. The molecule has 0 saturated carbocycles. The van der Waals surface area contributed by atoms with Crippen LogP contribution in [0, 0.1) is 5.82 Å². The van der Waals surface area contributed by atoms with Crippen molar-refractivity contribution in [1.82, 2.24) is 0 Å². The molecule has 0 fully saturated rings. The third kappa shape index (κ3) is 2.37. The van der Waals surface area contributed by atoms with Crippen molar-refractivity contribution >= 4 is 28.6 Å². The molecule has 25 heavy (non-hydrogen) atoms. The van der Waals surface area contributed by atoms with Crippen LogP contribution >= 0.6 is 0 Å². The molecule has 0 amide bonds. The molecule has 1 aliphatic carbocycles. The van der Waals surface area contributed by atoms with Crippen LogP contribution in [-0.4, -0.2) is 11.6 Å². The molecular weight excluding hydrogens is 319 g/mol. The van der Waals surface area contributed by atoms with Crippen LogP contribution in [0.2, 0.25) is 0 Å². The van der Waals surface area contributed by atoms with Gasteiger partial charge in [0, 0.05) is 22.5 Å². The van der Waals surface area contributed by atoms with E-state index in [1.54, 1.807) is 48.5 Å². The lowest BCUT2D eigenvalue weighted by atomic mass is 9.82. The van der Waals surface area contributed by atoms with Gasteiger partial charge >= 0.3 is 0 Å². The van der Waals surface area contributed by atoms with Crippen molar-refractivity contribution in [3.63, 3.8) is 0 Å². The fraction of sp³-hybridized carbons (Fsp3) is 0. The number of nitrogens with one attached hydrogen (secondary N) is 1. The lowest BCUT2D eigenvalue weighted by Gasteiger charge is -2.22. The van der Waals surface area contributed by atoms with E-state index < -0.39 is 0 Å². The van der Waals surface area contributed by atoms with Gasteiger partial charge in [-0.15, -0.1) is 0 Å². The summed E-state index contributed by atoms with van der Waals surface area (Å²) in [5, 5.41) is 3.07. The molecule has 0 unspecified atom stereocenters. The van der Waals surface area contributed by atoms with Crippen LogP contribution in [0.5, 0.6) is 0 Å². The minimum absolute atomic E-state index is 0.204. The highest BCUT2D eigenvalue weighted by Gasteiger charge is 2.33. The minimum atomic E-state index is -0.356. The first-order valence-corrected chi connectivity index (χ1v) is 7.70. The van der Waals surface area contributed by atoms with Crippen molar-refractivity contribution in [3.8, 4) is 0 Å². The van der Waals surface area contributed by atoms with Crippen molar-refractivity contribution < 1.29 is 14.0 Å². The van der Waals surface area contributed by atoms with Crippen LogP contribution in [-0.2, 0) is 0 Å². The Balaban J connectivity index is 1.88. The lowest BCUT2D eigenvalue weighted by Crippen LogP contribution is -2.23. The van der Waals surface area contributed by atoms with Gasteiger partial charge in [0.05, 0.1) is 16.8 Å². The number of hydrogen-bond acceptors (Lipinski definition) is 4. The zero-order chi connectivity index (χ0) is 17.6. The summed E-state index contributed by atoms with van der Waals surface area (Å²) < 4.78 is 13.1. The van der Waals surface area contributed by atoms with E-state index in [2.05, 4.69) is 5.32 Å². The summed E-state index contributed by atoms with van der Waals surface area (Å²) in [6, 6.07) is 15.7. The summed E-state index contributed by atoms with van der Waals surface area (Å²) in [6.45, 7) is 0. The number of nitrogen functional groups attached to an aromatic ring is 1. The first-order chi connectivity index (χ1) is 12.1. The third-order valence-electron chi connectivity index (χ3n) is 4.23. The largest absolute Gasteiger partial charge is 0.398 e. The van der Waals surface area contributed by atoms with Gasteiger partial charge < -0.3 is 11.1 Å². The molecule has 0 bridgehead atoms. The quantitative estimate of drug-likeness (QED) is 0.546. The molecule has 0 saturated heterocycles. The van der Waals surface area contributed by atoms with Crippen molar-refractivity contribution in [1.29, 1.82) is 0 Å². The van der Waals surface area contributed by atoms with E-state index in [4.69, 9.17) is 5.73 Å². The minimum Gasteiger partial charge on any atom is -0.398 e. The highest BCUT2D eigenvalue weighted by atomic mass is 19.1. The second kappa shape index (κ2) is 5.56. The smallest absolute Gasteiger partial charge is 0.196 e. The van der Waals surface area contributed by atoms with Gasteiger partial charge in [-0.2, -0.15) is 0 Å². The van der Waals surface area contributed by atoms with E-state index in [-0.39, 0.29) is 34.2 Å². The first-order valence-electron chi connectivity index (χ1n) is 7.70. The van der Waals surface area contributed by atoms with Gasteiger partial charge in [0.1, 0.15) is 5.82 Å². The third-order valence-corrected chi connectivity index (χ3v) is 4.23. The second-order valence-electron chi connectivity index (χ2n) is 5.79. The zero-order valence-corrected chi connectivity index (χ0v) is 13.0. The molecule has 0 spiro atoms. The average Bonchev–Trinajstić information content (AvgIpc) is 2.63. The predicted molar refractivity (Wildman–Crippen MR) is 93.8 cm³/mol. The molecule has 0 radical (unpaired) electrons. The molecule has 4 nitrogen and oxygen atoms in total. The maximum Gasteiger partial charge on any atom is 0.196 e.